The molecule has 2 aliphatic carbocycles. The predicted octanol–water partition coefficient (Wildman–Crippen LogP) is 5.73. The SMILES string of the molecule is CCC1(CC)Cc2cc(-c3ccc(C4CC4)cc3)ccc2C1OC(N)=O. The fourth-order valence-corrected chi connectivity index (χ4v) is 4.54. The predicted molar refractivity (Wildman–Crippen MR) is 104 cm³/mol. The standard InChI is InChI=1S/C23H27NO2/c1-3-23(4-2)14-19-13-18(11-12-20(19)21(23)26-22(24)25)17-9-7-16(8-10-17)15-5-6-15/h7-13,15,21H,3-6,14H2,1-2H3,(H2,24,25). The highest BCUT2D eigenvalue weighted by molar-refractivity contribution is 5.68. The van der Waals surface area contributed by atoms with E-state index < -0.39 is 6.09 Å². The van der Waals surface area contributed by atoms with Gasteiger partial charge in [0.2, 0.25) is 0 Å². The van der Waals surface area contributed by atoms with Gasteiger partial charge >= 0.3 is 6.09 Å². The van der Waals surface area contributed by atoms with Crippen LogP contribution in [0.1, 0.15) is 68.2 Å². The molecule has 0 aromatic heterocycles. The van der Waals surface area contributed by atoms with Gasteiger partial charge in [-0.25, -0.2) is 4.79 Å². The average molecular weight is 349 g/mol. The van der Waals surface area contributed by atoms with Gasteiger partial charge in [-0.05, 0) is 65.8 Å². The van der Waals surface area contributed by atoms with Crippen LogP contribution in [0.5, 0.6) is 0 Å². The van der Waals surface area contributed by atoms with E-state index >= 15 is 0 Å². The highest BCUT2D eigenvalue weighted by Gasteiger charge is 2.46. The third-order valence-electron chi connectivity index (χ3n) is 6.46. The van der Waals surface area contributed by atoms with Gasteiger partial charge < -0.3 is 10.5 Å². The summed E-state index contributed by atoms with van der Waals surface area (Å²) in [6, 6.07) is 15.5. The van der Waals surface area contributed by atoms with Crippen LogP contribution in [-0.4, -0.2) is 6.09 Å². The van der Waals surface area contributed by atoms with Crippen molar-refractivity contribution in [3.05, 3.63) is 59.2 Å². The Bertz CT molecular complexity index is 817. The Morgan fingerprint density at radius 3 is 2.31 bits per heavy atom. The van der Waals surface area contributed by atoms with Gasteiger partial charge in [0.1, 0.15) is 6.10 Å². The Hall–Kier alpha value is -2.29. The zero-order chi connectivity index (χ0) is 18.3. The smallest absolute Gasteiger partial charge is 0.405 e. The molecule has 0 heterocycles. The molecule has 3 heteroatoms. The van der Waals surface area contributed by atoms with Crippen molar-refractivity contribution in [1.82, 2.24) is 0 Å². The van der Waals surface area contributed by atoms with E-state index in [0.29, 0.717) is 0 Å². The van der Waals surface area contributed by atoms with E-state index in [4.69, 9.17) is 10.5 Å². The number of carbonyl (C=O) groups excluding carboxylic acids is 1. The number of hydrogen-bond donors (Lipinski definition) is 1. The summed E-state index contributed by atoms with van der Waals surface area (Å²) in [7, 11) is 0. The van der Waals surface area contributed by atoms with Crippen molar-refractivity contribution >= 4 is 6.09 Å². The first-order valence-corrected chi connectivity index (χ1v) is 9.75. The summed E-state index contributed by atoms with van der Waals surface area (Å²) < 4.78 is 5.57. The van der Waals surface area contributed by atoms with Gasteiger partial charge in [-0.15, -0.1) is 0 Å². The molecule has 136 valence electrons. The molecule has 1 saturated carbocycles. The normalized spacial score (nSPS) is 20.6. The third kappa shape index (κ3) is 2.90. The first kappa shape index (κ1) is 17.1. The van der Waals surface area contributed by atoms with Gasteiger partial charge in [-0.2, -0.15) is 0 Å². The van der Waals surface area contributed by atoms with Crippen LogP contribution >= 0.6 is 0 Å². The summed E-state index contributed by atoms with van der Waals surface area (Å²) in [6.45, 7) is 4.34. The van der Waals surface area contributed by atoms with E-state index in [1.165, 1.54) is 35.1 Å². The van der Waals surface area contributed by atoms with Crippen LogP contribution in [0.2, 0.25) is 0 Å². The van der Waals surface area contributed by atoms with Gasteiger partial charge in [0, 0.05) is 5.41 Å². The number of carbonyl (C=O) groups is 1. The second-order valence-corrected chi connectivity index (χ2v) is 7.87. The van der Waals surface area contributed by atoms with Crippen molar-refractivity contribution in [1.29, 1.82) is 0 Å². The first-order valence-electron chi connectivity index (χ1n) is 9.75. The average Bonchev–Trinajstić information content (AvgIpc) is 3.46. The van der Waals surface area contributed by atoms with Gasteiger partial charge in [0.05, 0.1) is 0 Å². The van der Waals surface area contributed by atoms with Crippen molar-refractivity contribution in [3.8, 4) is 11.1 Å². The zero-order valence-corrected chi connectivity index (χ0v) is 15.6. The summed E-state index contributed by atoms with van der Waals surface area (Å²) in [5.74, 6) is 0.783. The van der Waals surface area contributed by atoms with Gasteiger partial charge in [-0.1, -0.05) is 56.3 Å². The minimum absolute atomic E-state index is 0.0498. The Kier molecular flexibility index (Phi) is 4.26. The molecule has 2 aromatic carbocycles. The molecule has 0 saturated heterocycles. The summed E-state index contributed by atoms with van der Waals surface area (Å²) in [5.41, 5.74) is 11.6. The lowest BCUT2D eigenvalue weighted by Crippen LogP contribution is -2.30. The maximum absolute atomic E-state index is 11.5. The van der Waals surface area contributed by atoms with Gasteiger partial charge in [-0.3, -0.25) is 0 Å². The van der Waals surface area contributed by atoms with E-state index in [2.05, 4.69) is 56.3 Å². The highest BCUT2D eigenvalue weighted by Crippen LogP contribution is 2.52. The third-order valence-corrected chi connectivity index (χ3v) is 6.46. The molecule has 0 radical (unpaired) electrons. The van der Waals surface area contributed by atoms with E-state index in [0.717, 1.165) is 30.7 Å². The zero-order valence-electron chi connectivity index (χ0n) is 15.6. The molecule has 0 aliphatic heterocycles. The molecule has 4 rings (SSSR count). The van der Waals surface area contributed by atoms with Crippen molar-refractivity contribution in [2.24, 2.45) is 11.1 Å². The van der Waals surface area contributed by atoms with E-state index in [9.17, 15) is 4.79 Å². The summed E-state index contributed by atoms with van der Waals surface area (Å²) in [5, 5.41) is 0. The Morgan fingerprint density at radius 2 is 1.73 bits per heavy atom. The van der Waals surface area contributed by atoms with Gasteiger partial charge in [0.15, 0.2) is 0 Å². The van der Waals surface area contributed by atoms with E-state index in [1.807, 2.05) is 0 Å². The summed E-state index contributed by atoms with van der Waals surface area (Å²) in [4.78, 5) is 11.5. The Balaban J connectivity index is 1.67. The summed E-state index contributed by atoms with van der Waals surface area (Å²) in [6.07, 6.45) is 4.58. The molecule has 2 N–H and O–H groups in total. The summed E-state index contributed by atoms with van der Waals surface area (Å²) >= 11 is 0. The number of rotatable bonds is 5. The molecule has 1 unspecified atom stereocenters. The number of amides is 1. The van der Waals surface area contributed by atoms with Crippen LogP contribution in [-0.2, 0) is 11.2 Å². The molecule has 26 heavy (non-hydrogen) atoms. The van der Waals surface area contributed by atoms with Crippen LogP contribution in [0.25, 0.3) is 11.1 Å². The van der Waals surface area contributed by atoms with Gasteiger partial charge in [0.25, 0.3) is 0 Å². The van der Waals surface area contributed by atoms with Crippen LogP contribution in [0, 0.1) is 5.41 Å². The molecule has 1 atom stereocenters. The lowest BCUT2D eigenvalue weighted by Gasteiger charge is -2.32. The number of fused-ring (bicyclic) bond motifs is 1. The van der Waals surface area contributed by atoms with Crippen LogP contribution in [0.4, 0.5) is 4.79 Å². The first-order chi connectivity index (χ1) is 12.6. The number of benzene rings is 2. The van der Waals surface area contributed by atoms with Crippen LogP contribution in [0.15, 0.2) is 42.5 Å². The van der Waals surface area contributed by atoms with Crippen LogP contribution in [0.3, 0.4) is 0 Å². The topological polar surface area (TPSA) is 52.3 Å². The number of hydrogen-bond acceptors (Lipinski definition) is 2. The van der Waals surface area contributed by atoms with E-state index in [-0.39, 0.29) is 11.5 Å². The quantitative estimate of drug-likeness (QED) is 0.749. The molecule has 1 amide bonds. The fraction of sp³-hybridized carbons (Fsp3) is 0.435. The molecule has 3 nitrogen and oxygen atoms in total. The molecule has 0 spiro atoms. The van der Waals surface area contributed by atoms with Crippen molar-refractivity contribution in [3.63, 3.8) is 0 Å². The largest absolute Gasteiger partial charge is 0.441 e. The van der Waals surface area contributed by atoms with Crippen LogP contribution < -0.4 is 5.73 Å². The lowest BCUT2D eigenvalue weighted by atomic mass is 9.77. The molecular formula is C23H27NO2. The minimum Gasteiger partial charge on any atom is -0.441 e. The fourth-order valence-electron chi connectivity index (χ4n) is 4.54. The Morgan fingerprint density at radius 1 is 1.08 bits per heavy atom. The number of nitrogens with two attached hydrogens (primary N) is 1. The Labute approximate surface area is 155 Å². The molecule has 2 aliphatic rings. The van der Waals surface area contributed by atoms with E-state index in [1.54, 1.807) is 0 Å². The maximum Gasteiger partial charge on any atom is 0.405 e. The minimum atomic E-state index is -0.686. The highest BCUT2D eigenvalue weighted by atomic mass is 16.6. The molecule has 1 fully saturated rings. The van der Waals surface area contributed by atoms with Crippen molar-refractivity contribution in [2.45, 2.75) is 58.0 Å². The lowest BCUT2D eigenvalue weighted by molar-refractivity contribution is 0.0140. The van der Waals surface area contributed by atoms with Crippen molar-refractivity contribution in [2.75, 3.05) is 0 Å². The second-order valence-electron chi connectivity index (χ2n) is 7.87. The second kappa shape index (κ2) is 6.46. The molecular weight excluding hydrogens is 322 g/mol. The molecule has 0 bridgehead atoms. The number of primary amides is 1. The maximum atomic E-state index is 11.5. The monoisotopic (exact) mass is 349 g/mol. The number of ether oxygens (including phenoxy) is 1. The van der Waals surface area contributed by atoms with Crippen molar-refractivity contribution < 1.29 is 9.53 Å². The molecule has 2 aromatic rings.